The second-order valence-electron chi connectivity index (χ2n) is 6.49. The molecule has 9 heteroatoms. The van der Waals surface area contributed by atoms with Crippen molar-refractivity contribution in [3.05, 3.63) is 83.8 Å². The molecule has 6 nitrogen and oxygen atoms in total. The number of carbonyl (C=O) groups excluding carboxylic acids is 1. The summed E-state index contributed by atoms with van der Waals surface area (Å²) in [5, 5.41) is 6.70. The van der Waals surface area contributed by atoms with Crippen LogP contribution in [-0.4, -0.2) is 20.9 Å². The topological polar surface area (TPSA) is 82.7 Å². The Kier molecular flexibility index (Phi) is 5.09. The van der Waals surface area contributed by atoms with E-state index in [-0.39, 0.29) is 11.3 Å². The number of nitrogens with zero attached hydrogens (tertiary/aromatic N) is 2. The molecule has 0 aliphatic heterocycles. The summed E-state index contributed by atoms with van der Waals surface area (Å²) in [6.45, 7) is 0.411. The molecule has 0 atom stereocenters. The third-order valence-electron chi connectivity index (χ3n) is 4.52. The average Bonchev–Trinajstić information content (AvgIpc) is 3.21. The van der Waals surface area contributed by atoms with Crippen LogP contribution in [0.2, 0.25) is 0 Å². The van der Waals surface area contributed by atoms with E-state index in [2.05, 4.69) is 25.6 Å². The Balaban J connectivity index is 1.50. The lowest BCUT2D eigenvalue weighted by molar-refractivity contribution is -0.137. The average molecular weight is 411 g/mol. The molecule has 4 rings (SSSR count). The first kappa shape index (κ1) is 19.4. The Morgan fingerprint density at radius 3 is 2.57 bits per heavy atom. The summed E-state index contributed by atoms with van der Waals surface area (Å²) in [5.41, 5.74) is 1.48. The van der Waals surface area contributed by atoms with Gasteiger partial charge < -0.3 is 15.6 Å². The Labute approximate surface area is 169 Å². The number of rotatable bonds is 5. The molecule has 3 aromatic heterocycles. The van der Waals surface area contributed by atoms with Crippen LogP contribution in [-0.2, 0) is 12.7 Å². The number of benzene rings is 1. The maximum absolute atomic E-state index is 12.7. The number of H-pyrrole nitrogens is 1. The van der Waals surface area contributed by atoms with Crippen molar-refractivity contribution in [3.63, 3.8) is 0 Å². The van der Waals surface area contributed by atoms with Crippen molar-refractivity contribution in [2.24, 2.45) is 0 Å². The number of pyridine rings is 2. The molecule has 0 spiro atoms. The molecule has 3 N–H and O–H groups in total. The van der Waals surface area contributed by atoms with Gasteiger partial charge in [-0.2, -0.15) is 13.2 Å². The molecule has 0 saturated carbocycles. The Morgan fingerprint density at radius 2 is 1.80 bits per heavy atom. The van der Waals surface area contributed by atoms with Gasteiger partial charge in [-0.05, 0) is 54.1 Å². The summed E-state index contributed by atoms with van der Waals surface area (Å²) in [6.07, 6.45) is 0.605. The third-order valence-corrected chi connectivity index (χ3v) is 4.52. The molecule has 0 saturated heterocycles. The van der Waals surface area contributed by atoms with Crippen molar-refractivity contribution in [1.29, 1.82) is 0 Å². The van der Waals surface area contributed by atoms with Gasteiger partial charge in [0.15, 0.2) is 0 Å². The van der Waals surface area contributed by atoms with Crippen molar-refractivity contribution in [2.45, 2.75) is 12.7 Å². The second-order valence-corrected chi connectivity index (χ2v) is 6.49. The first-order valence-electron chi connectivity index (χ1n) is 9.00. The van der Waals surface area contributed by atoms with Crippen molar-refractivity contribution in [1.82, 2.24) is 15.0 Å². The maximum Gasteiger partial charge on any atom is 0.416 e. The smallest absolute Gasteiger partial charge is 0.365 e. The fourth-order valence-corrected chi connectivity index (χ4v) is 3.02. The van der Waals surface area contributed by atoms with Crippen LogP contribution in [0.1, 0.15) is 21.5 Å². The molecule has 0 radical (unpaired) electrons. The minimum atomic E-state index is -4.43. The number of fused-ring (bicyclic) bond motifs is 1. The van der Waals surface area contributed by atoms with E-state index in [9.17, 15) is 18.0 Å². The zero-order valence-corrected chi connectivity index (χ0v) is 15.5. The van der Waals surface area contributed by atoms with Crippen molar-refractivity contribution < 1.29 is 18.0 Å². The predicted octanol–water partition coefficient (Wildman–Crippen LogP) is 4.84. The highest BCUT2D eigenvalue weighted by Gasteiger charge is 2.30. The highest BCUT2D eigenvalue weighted by atomic mass is 19.4. The minimum absolute atomic E-state index is 0.256. The molecular formula is C21H16F3N5O. The monoisotopic (exact) mass is 411 g/mol. The van der Waals surface area contributed by atoms with Gasteiger partial charge in [0.1, 0.15) is 11.5 Å². The van der Waals surface area contributed by atoms with E-state index in [1.54, 1.807) is 30.7 Å². The summed E-state index contributed by atoms with van der Waals surface area (Å²) in [4.78, 5) is 24.2. The zero-order valence-electron chi connectivity index (χ0n) is 15.5. The first-order chi connectivity index (χ1) is 14.4. The number of anilines is 2. The van der Waals surface area contributed by atoms with E-state index < -0.39 is 17.6 Å². The maximum atomic E-state index is 12.7. The number of aromatic amines is 1. The van der Waals surface area contributed by atoms with Gasteiger partial charge in [-0.3, -0.25) is 4.79 Å². The molecule has 0 fully saturated rings. The Morgan fingerprint density at radius 1 is 1.00 bits per heavy atom. The van der Waals surface area contributed by atoms with Crippen LogP contribution in [0.4, 0.5) is 24.7 Å². The molecule has 0 aliphatic rings. The van der Waals surface area contributed by atoms with E-state index in [1.807, 2.05) is 12.1 Å². The largest absolute Gasteiger partial charge is 0.416 e. The van der Waals surface area contributed by atoms with Gasteiger partial charge in [0.2, 0.25) is 0 Å². The normalized spacial score (nSPS) is 11.4. The first-order valence-corrected chi connectivity index (χ1v) is 9.00. The van der Waals surface area contributed by atoms with Gasteiger partial charge in [-0.25, -0.2) is 9.97 Å². The molecule has 1 aromatic carbocycles. The summed E-state index contributed by atoms with van der Waals surface area (Å²) < 4.78 is 38.1. The molecule has 0 unspecified atom stereocenters. The Bertz CT molecular complexity index is 1190. The van der Waals surface area contributed by atoms with Crippen molar-refractivity contribution in [3.8, 4) is 0 Å². The summed E-state index contributed by atoms with van der Waals surface area (Å²) in [5.74, 6) is -0.116. The molecule has 0 aliphatic carbocycles. The molecule has 0 bridgehead atoms. The highest BCUT2D eigenvalue weighted by Crippen LogP contribution is 2.30. The van der Waals surface area contributed by atoms with Crippen molar-refractivity contribution >= 4 is 28.4 Å². The standard InChI is InChI=1S/C21H16F3N5O/c22-21(23,24)14-3-5-15(6-4-14)29-20(30)17-2-1-9-25-19(17)28-12-13-7-10-26-18-16(13)8-11-27-18/h1-11H,12H2,(H,25,28)(H,26,27)(H,29,30). The predicted molar refractivity (Wildman–Crippen MR) is 107 cm³/mol. The summed E-state index contributed by atoms with van der Waals surface area (Å²) in [6, 6.07) is 11.3. The molecule has 30 heavy (non-hydrogen) atoms. The summed E-state index contributed by atoms with van der Waals surface area (Å²) >= 11 is 0. The third kappa shape index (κ3) is 4.09. The van der Waals surface area contributed by atoms with E-state index >= 15 is 0 Å². The number of nitrogens with one attached hydrogen (secondary N) is 3. The number of hydrogen-bond acceptors (Lipinski definition) is 4. The second kappa shape index (κ2) is 7.86. The summed E-state index contributed by atoms with van der Waals surface area (Å²) in [7, 11) is 0. The number of halogens is 3. The number of carbonyl (C=O) groups is 1. The lowest BCUT2D eigenvalue weighted by Crippen LogP contribution is -2.16. The SMILES string of the molecule is O=C(Nc1ccc(C(F)(F)F)cc1)c1cccnc1NCc1ccnc2[nH]ccc12. The molecular weight excluding hydrogens is 395 g/mol. The highest BCUT2D eigenvalue weighted by molar-refractivity contribution is 6.07. The van der Waals surface area contributed by atoms with Crippen molar-refractivity contribution in [2.75, 3.05) is 10.6 Å². The van der Waals surface area contributed by atoms with Gasteiger partial charge in [0, 0.05) is 36.2 Å². The molecule has 4 aromatic rings. The van der Waals surface area contributed by atoms with Crippen LogP contribution < -0.4 is 10.6 Å². The minimum Gasteiger partial charge on any atom is -0.365 e. The molecule has 1 amide bonds. The van der Waals surface area contributed by atoms with Gasteiger partial charge in [-0.15, -0.1) is 0 Å². The fraction of sp³-hybridized carbons (Fsp3) is 0.0952. The van der Waals surface area contributed by atoms with Gasteiger partial charge in [0.05, 0.1) is 11.1 Å². The lowest BCUT2D eigenvalue weighted by Gasteiger charge is -2.12. The molecule has 152 valence electrons. The van der Waals surface area contributed by atoms with Gasteiger partial charge in [-0.1, -0.05) is 0 Å². The van der Waals surface area contributed by atoms with E-state index in [0.29, 0.717) is 12.4 Å². The number of aromatic nitrogens is 3. The molecule has 3 heterocycles. The van der Waals surface area contributed by atoms with Crippen LogP contribution in [0, 0.1) is 0 Å². The van der Waals surface area contributed by atoms with Crippen LogP contribution in [0.3, 0.4) is 0 Å². The van der Waals surface area contributed by atoms with E-state index in [1.165, 1.54) is 12.1 Å². The fourth-order valence-electron chi connectivity index (χ4n) is 3.02. The van der Waals surface area contributed by atoms with Gasteiger partial charge in [0.25, 0.3) is 5.91 Å². The van der Waals surface area contributed by atoms with E-state index in [4.69, 9.17) is 0 Å². The zero-order chi connectivity index (χ0) is 21.1. The number of amides is 1. The van der Waals surface area contributed by atoms with Gasteiger partial charge >= 0.3 is 6.18 Å². The van der Waals surface area contributed by atoms with Crippen LogP contribution >= 0.6 is 0 Å². The Hall–Kier alpha value is -3.88. The van der Waals surface area contributed by atoms with Crippen LogP contribution in [0.5, 0.6) is 0 Å². The van der Waals surface area contributed by atoms with Crippen LogP contribution in [0.15, 0.2) is 67.1 Å². The number of alkyl halides is 3. The lowest BCUT2D eigenvalue weighted by atomic mass is 10.1. The number of hydrogen-bond donors (Lipinski definition) is 3. The van der Waals surface area contributed by atoms with Crippen LogP contribution in [0.25, 0.3) is 11.0 Å². The quantitative estimate of drug-likeness (QED) is 0.439. The van der Waals surface area contributed by atoms with E-state index in [0.717, 1.165) is 28.7 Å².